The first-order valence-corrected chi connectivity index (χ1v) is 11.9. The number of carbonyl (C=O) groups excluding carboxylic acids is 2. The van der Waals surface area contributed by atoms with Crippen molar-refractivity contribution in [1.29, 1.82) is 0 Å². The lowest BCUT2D eigenvalue weighted by Gasteiger charge is -2.14. The van der Waals surface area contributed by atoms with Crippen LogP contribution < -0.4 is 10.6 Å². The summed E-state index contributed by atoms with van der Waals surface area (Å²) in [6.45, 7) is 1.78. The van der Waals surface area contributed by atoms with Gasteiger partial charge in [0.2, 0.25) is 11.9 Å². The van der Waals surface area contributed by atoms with E-state index in [9.17, 15) is 9.59 Å². The first kappa shape index (κ1) is 22.6. The molecule has 1 aliphatic rings. The minimum Gasteiger partial charge on any atom is -0.342 e. The minimum atomic E-state index is -0.546. The van der Waals surface area contributed by atoms with Gasteiger partial charge in [0, 0.05) is 27.6 Å². The number of carbonyl (C=O) groups is 2. The van der Waals surface area contributed by atoms with Crippen molar-refractivity contribution in [2.45, 2.75) is 30.7 Å². The van der Waals surface area contributed by atoms with E-state index in [0.29, 0.717) is 27.3 Å². The highest BCUT2D eigenvalue weighted by atomic mass is 35.5. The van der Waals surface area contributed by atoms with Gasteiger partial charge in [-0.3, -0.25) is 14.9 Å². The second-order valence-electron chi connectivity index (χ2n) is 7.38. The lowest BCUT2D eigenvalue weighted by atomic mass is 10.2. The number of nitrogens with zero attached hydrogens (tertiary/aromatic N) is 4. The summed E-state index contributed by atoms with van der Waals surface area (Å²) >= 11 is 13.6. The van der Waals surface area contributed by atoms with Crippen LogP contribution in [0.3, 0.4) is 0 Å². The first-order valence-electron chi connectivity index (χ1n) is 9.89. The molecule has 1 aliphatic carbocycles. The zero-order valence-corrected chi connectivity index (χ0v) is 19.6. The number of aromatic nitrogens is 4. The fourth-order valence-corrected chi connectivity index (χ4v) is 3.93. The monoisotopic (exact) mass is 490 g/mol. The molecule has 0 saturated heterocycles. The van der Waals surface area contributed by atoms with Crippen LogP contribution in [0.5, 0.6) is 0 Å². The predicted octanol–water partition coefficient (Wildman–Crippen LogP) is 4.53. The van der Waals surface area contributed by atoms with Gasteiger partial charge in [-0.1, -0.05) is 23.2 Å². The molecule has 4 rings (SSSR count). The van der Waals surface area contributed by atoms with Crippen LogP contribution in [-0.4, -0.2) is 37.8 Å². The van der Waals surface area contributed by atoms with Crippen molar-refractivity contribution in [2.75, 3.05) is 11.6 Å². The second kappa shape index (κ2) is 9.48. The van der Waals surface area contributed by atoms with Gasteiger partial charge in [0.05, 0.1) is 11.1 Å². The molecule has 1 unspecified atom stereocenters. The molecule has 2 aromatic heterocycles. The number of amides is 2. The van der Waals surface area contributed by atoms with Gasteiger partial charge < -0.3 is 5.32 Å². The van der Waals surface area contributed by atoms with Crippen LogP contribution in [0.15, 0.2) is 41.4 Å². The van der Waals surface area contributed by atoms with Gasteiger partial charge in [-0.15, -0.1) is 16.9 Å². The first-order chi connectivity index (χ1) is 15.3. The van der Waals surface area contributed by atoms with Crippen molar-refractivity contribution >= 4 is 52.7 Å². The SMILES string of the molecule is CSc1cc(Cl)cc(C(=O)NC(C)c2nc(NC(=O)C3CC3)nn2-c2ccc(Cl)cn2)c1. The molecule has 0 spiro atoms. The number of benzene rings is 1. The van der Waals surface area contributed by atoms with E-state index in [1.807, 2.05) is 6.26 Å². The van der Waals surface area contributed by atoms with E-state index in [1.165, 1.54) is 22.6 Å². The van der Waals surface area contributed by atoms with E-state index in [-0.39, 0.29) is 23.7 Å². The number of rotatable bonds is 7. The average Bonchev–Trinajstić information content (AvgIpc) is 3.54. The Hall–Kier alpha value is -2.62. The highest BCUT2D eigenvalue weighted by Gasteiger charge is 2.31. The Labute approximate surface area is 199 Å². The van der Waals surface area contributed by atoms with Gasteiger partial charge in [0.25, 0.3) is 5.91 Å². The number of thioether (sulfide) groups is 1. The van der Waals surface area contributed by atoms with E-state index >= 15 is 0 Å². The van der Waals surface area contributed by atoms with Gasteiger partial charge in [0.15, 0.2) is 11.6 Å². The van der Waals surface area contributed by atoms with E-state index in [4.69, 9.17) is 23.2 Å². The van der Waals surface area contributed by atoms with Crippen LogP contribution in [0.1, 0.15) is 42.0 Å². The van der Waals surface area contributed by atoms with Crippen LogP contribution in [-0.2, 0) is 4.79 Å². The molecule has 0 radical (unpaired) electrons. The summed E-state index contributed by atoms with van der Waals surface area (Å²) in [7, 11) is 0. The van der Waals surface area contributed by atoms with Crippen LogP contribution in [0.25, 0.3) is 5.82 Å². The van der Waals surface area contributed by atoms with Crippen molar-refractivity contribution in [3.05, 3.63) is 58.0 Å². The Bertz CT molecular complexity index is 1160. The molecule has 0 bridgehead atoms. The maximum Gasteiger partial charge on any atom is 0.251 e. The largest absolute Gasteiger partial charge is 0.342 e. The highest BCUT2D eigenvalue weighted by Crippen LogP contribution is 2.30. The second-order valence-corrected chi connectivity index (χ2v) is 9.13. The van der Waals surface area contributed by atoms with Gasteiger partial charge in [-0.25, -0.2) is 4.98 Å². The Kier molecular flexibility index (Phi) is 6.68. The summed E-state index contributed by atoms with van der Waals surface area (Å²) in [5.41, 5.74) is 0.437. The molecule has 1 atom stereocenters. The molecule has 2 heterocycles. The minimum absolute atomic E-state index is 0.00430. The lowest BCUT2D eigenvalue weighted by molar-refractivity contribution is -0.117. The van der Waals surface area contributed by atoms with E-state index < -0.39 is 6.04 Å². The standard InChI is InChI=1S/C21H20Cl2N6O2S/c1-11(25-20(31)13-7-15(23)9-16(8-13)32-2)18-26-21(27-19(30)12-3-4-12)28-29(18)17-6-5-14(22)10-24-17/h5-12H,3-4H2,1-2H3,(H,25,31)(H,27,28,30). The molecule has 32 heavy (non-hydrogen) atoms. The topological polar surface area (TPSA) is 102 Å². The zero-order valence-electron chi connectivity index (χ0n) is 17.3. The summed E-state index contributed by atoms with van der Waals surface area (Å²) in [5.74, 6) is 0.603. The molecule has 11 heteroatoms. The number of nitrogens with one attached hydrogen (secondary N) is 2. The summed E-state index contributed by atoms with van der Waals surface area (Å²) in [4.78, 5) is 34.7. The van der Waals surface area contributed by atoms with Crippen LogP contribution in [0.2, 0.25) is 10.0 Å². The molecule has 166 valence electrons. The van der Waals surface area contributed by atoms with Crippen LogP contribution >= 0.6 is 35.0 Å². The van der Waals surface area contributed by atoms with Crippen molar-refractivity contribution < 1.29 is 9.59 Å². The molecule has 1 aromatic carbocycles. The molecule has 8 nitrogen and oxygen atoms in total. The number of pyridine rings is 1. The van der Waals surface area contributed by atoms with Crippen molar-refractivity contribution in [3.8, 4) is 5.82 Å². The smallest absolute Gasteiger partial charge is 0.251 e. The van der Waals surface area contributed by atoms with Crippen molar-refractivity contribution in [2.24, 2.45) is 5.92 Å². The molecular weight excluding hydrogens is 471 g/mol. The quantitative estimate of drug-likeness (QED) is 0.471. The third-order valence-corrected chi connectivity index (χ3v) is 6.00. The zero-order chi connectivity index (χ0) is 22.8. The molecule has 1 saturated carbocycles. The fraction of sp³-hybridized carbons (Fsp3) is 0.286. The molecule has 2 amide bonds. The molecular formula is C21H20Cl2N6O2S. The highest BCUT2D eigenvalue weighted by molar-refractivity contribution is 7.98. The third kappa shape index (κ3) is 5.23. The van der Waals surface area contributed by atoms with E-state index in [1.54, 1.807) is 37.3 Å². The number of anilines is 1. The molecule has 2 N–H and O–H groups in total. The van der Waals surface area contributed by atoms with Crippen molar-refractivity contribution in [1.82, 2.24) is 25.1 Å². The predicted molar refractivity (Wildman–Crippen MR) is 125 cm³/mol. The van der Waals surface area contributed by atoms with E-state index in [0.717, 1.165) is 17.7 Å². The maximum atomic E-state index is 12.9. The fourth-order valence-electron chi connectivity index (χ4n) is 3.03. The van der Waals surface area contributed by atoms with Gasteiger partial charge in [-0.05, 0) is 56.4 Å². The average molecular weight is 491 g/mol. The number of halogens is 2. The van der Waals surface area contributed by atoms with Gasteiger partial charge in [0.1, 0.15) is 0 Å². The lowest BCUT2D eigenvalue weighted by Crippen LogP contribution is -2.29. The maximum absolute atomic E-state index is 12.9. The van der Waals surface area contributed by atoms with Crippen LogP contribution in [0.4, 0.5) is 5.95 Å². The van der Waals surface area contributed by atoms with E-state index in [2.05, 4.69) is 25.7 Å². The Morgan fingerprint density at radius 2 is 1.97 bits per heavy atom. The Balaban J connectivity index is 1.62. The number of hydrogen-bond donors (Lipinski definition) is 2. The summed E-state index contributed by atoms with van der Waals surface area (Å²) in [5, 5.41) is 11.0. The normalized spacial score (nSPS) is 14.1. The van der Waals surface area contributed by atoms with Crippen LogP contribution in [0, 0.1) is 5.92 Å². The molecule has 3 aromatic rings. The third-order valence-electron chi connectivity index (χ3n) is 4.85. The number of hydrogen-bond acceptors (Lipinski definition) is 6. The molecule has 0 aliphatic heterocycles. The molecule has 1 fully saturated rings. The Morgan fingerprint density at radius 3 is 2.62 bits per heavy atom. The summed E-state index contributed by atoms with van der Waals surface area (Å²) < 4.78 is 1.48. The summed E-state index contributed by atoms with van der Waals surface area (Å²) in [6.07, 6.45) is 5.13. The van der Waals surface area contributed by atoms with Gasteiger partial charge in [-0.2, -0.15) is 9.67 Å². The van der Waals surface area contributed by atoms with Crippen molar-refractivity contribution in [3.63, 3.8) is 0 Å². The summed E-state index contributed by atoms with van der Waals surface area (Å²) in [6, 6.07) is 7.99. The van der Waals surface area contributed by atoms with Gasteiger partial charge >= 0.3 is 0 Å². The Morgan fingerprint density at radius 1 is 1.19 bits per heavy atom.